The molecule has 1 heterocycles. The molecule has 0 aromatic heterocycles. The Morgan fingerprint density at radius 1 is 1.44 bits per heavy atom. The molecule has 6 heteroatoms. The third kappa shape index (κ3) is 2.75. The van der Waals surface area contributed by atoms with Crippen molar-refractivity contribution >= 4 is 5.97 Å². The molecule has 0 amide bonds. The van der Waals surface area contributed by atoms with Crippen molar-refractivity contribution in [3.05, 3.63) is 29.3 Å². The molecule has 1 aromatic rings. The molecule has 1 aliphatic rings. The van der Waals surface area contributed by atoms with Gasteiger partial charge in [0.25, 0.3) is 0 Å². The van der Waals surface area contributed by atoms with Gasteiger partial charge in [-0.3, -0.25) is 4.79 Å². The minimum absolute atomic E-state index is 0.0508. The van der Waals surface area contributed by atoms with Crippen molar-refractivity contribution in [2.24, 2.45) is 0 Å². The normalized spacial score (nSPS) is 18.3. The maximum Gasteiger partial charge on any atom is 0.416 e. The minimum Gasteiger partial charge on any atom is -0.490 e. The highest BCUT2D eigenvalue weighted by Crippen LogP contribution is 2.37. The fraction of sp³-hybridized carbons (Fsp3) is 0.417. The van der Waals surface area contributed by atoms with Crippen molar-refractivity contribution in [1.82, 2.24) is 0 Å². The lowest BCUT2D eigenvalue weighted by atomic mass is 10.0. The topological polar surface area (TPSA) is 46.5 Å². The number of carbonyl (C=O) groups is 1. The van der Waals surface area contributed by atoms with Crippen LogP contribution in [-0.4, -0.2) is 17.2 Å². The Labute approximate surface area is 101 Å². The number of hydrogen-bond donors (Lipinski definition) is 1. The Kier molecular flexibility index (Phi) is 3.19. The molecular weight excluding hydrogens is 249 g/mol. The highest BCUT2D eigenvalue weighted by Gasteiger charge is 2.33. The molecule has 1 unspecified atom stereocenters. The third-order valence-electron chi connectivity index (χ3n) is 2.82. The summed E-state index contributed by atoms with van der Waals surface area (Å²) in [7, 11) is 0. The molecule has 2 rings (SSSR count). The molecule has 1 aromatic carbocycles. The van der Waals surface area contributed by atoms with E-state index in [0.717, 1.165) is 12.1 Å². The summed E-state index contributed by atoms with van der Waals surface area (Å²) in [4.78, 5) is 10.4. The van der Waals surface area contributed by atoms with Gasteiger partial charge in [0, 0.05) is 12.8 Å². The average Bonchev–Trinajstić information content (AvgIpc) is 2.66. The van der Waals surface area contributed by atoms with E-state index in [2.05, 4.69) is 0 Å². The molecule has 0 aliphatic carbocycles. The molecule has 1 atom stereocenters. The molecule has 0 radical (unpaired) electrons. The zero-order valence-corrected chi connectivity index (χ0v) is 9.33. The van der Waals surface area contributed by atoms with Crippen LogP contribution in [0.4, 0.5) is 13.2 Å². The zero-order valence-electron chi connectivity index (χ0n) is 9.33. The second-order valence-corrected chi connectivity index (χ2v) is 4.20. The lowest BCUT2D eigenvalue weighted by molar-refractivity contribution is -0.138. The molecule has 0 spiro atoms. The molecule has 0 bridgehead atoms. The number of benzene rings is 1. The lowest BCUT2D eigenvalue weighted by Gasteiger charge is -2.10. The zero-order chi connectivity index (χ0) is 13.3. The summed E-state index contributed by atoms with van der Waals surface area (Å²) in [5.74, 6) is -0.731. The Morgan fingerprint density at radius 2 is 2.17 bits per heavy atom. The van der Waals surface area contributed by atoms with Gasteiger partial charge in [-0.15, -0.1) is 0 Å². The Hall–Kier alpha value is -1.72. The van der Waals surface area contributed by atoms with Crippen molar-refractivity contribution in [2.75, 3.05) is 0 Å². The first kappa shape index (κ1) is 12.7. The number of halogens is 3. The second-order valence-electron chi connectivity index (χ2n) is 4.20. The highest BCUT2D eigenvalue weighted by atomic mass is 19.4. The van der Waals surface area contributed by atoms with Gasteiger partial charge in [-0.05, 0) is 24.1 Å². The van der Waals surface area contributed by atoms with Gasteiger partial charge in [0.15, 0.2) is 0 Å². The summed E-state index contributed by atoms with van der Waals surface area (Å²) >= 11 is 0. The molecule has 18 heavy (non-hydrogen) atoms. The predicted molar refractivity (Wildman–Crippen MR) is 56.4 cm³/mol. The van der Waals surface area contributed by atoms with Crippen molar-refractivity contribution in [3.63, 3.8) is 0 Å². The van der Waals surface area contributed by atoms with E-state index in [9.17, 15) is 18.0 Å². The van der Waals surface area contributed by atoms with Gasteiger partial charge >= 0.3 is 12.1 Å². The van der Waals surface area contributed by atoms with E-state index >= 15 is 0 Å². The maximum absolute atomic E-state index is 12.5. The number of rotatable bonds is 3. The monoisotopic (exact) mass is 260 g/mol. The van der Waals surface area contributed by atoms with Gasteiger partial charge < -0.3 is 9.84 Å². The highest BCUT2D eigenvalue weighted by molar-refractivity contribution is 5.66. The van der Waals surface area contributed by atoms with Gasteiger partial charge in [0.05, 0.1) is 5.56 Å². The molecule has 98 valence electrons. The summed E-state index contributed by atoms with van der Waals surface area (Å²) in [6.45, 7) is 0. The standard InChI is InChI=1S/C12H11F3O3/c13-12(14,15)8-2-1-7-5-9(3-4-11(16)17)18-10(7)6-8/h1-2,6,9H,3-5H2,(H,16,17). The minimum atomic E-state index is -4.39. The van der Waals surface area contributed by atoms with Gasteiger partial charge in [-0.25, -0.2) is 0 Å². The molecule has 1 aliphatic heterocycles. The van der Waals surface area contributed by atoms with Crippen LogP contribution in [0.1, 0.15) is 24.0 Å². The van der Waals surface area contributed by atoms with Crippen LogP contribution in [0.3, 0.4) is 0 Å². The van der Waals surface area contributed by atoms with Crippen LogP contribution in [0.2, 0.25) is 0 Å². The fourth-order valence-electron chi connectivity index (χ4n) is 1.92. The van der Waals surface area contributed by atoms with E-state index in [1.807, 2.05) is 0 Å². The lowest BCUT2D eigenvalue weighted by Crippen LogP contribution is -2.14. The van der Waals surface area contributed by atoms with Crippen LogP contribution in [-0.2, 0) is 17.4 Å². The first-order valence-corrected chi connectivity index (χ1v) is 5.45. The first-order chi connectivity index (χ1) is 8.36. The van der Waals surface area contributed by atoms with E-state index in [0.29, 0.717) is 18.4 Å². The number of ether oxygens (including phenoxy) is 1. The summed E-state index contributed by atoms with van der Waals surface area (Å²) in [6.07, 6.45) is -4.03. The van der Waals surface area contributed by atoms with Crippen LogP contribution in [0.5, 0.6) is 5.75 Å². The predicted octanol–water partition coefficient (Wildman–Crippen LogP) is 2.87. The van der Waals surface area contributed by atoms with Crippen molar-refractivity contribution in [2.45, 2.75) is 31.5 Å². The van der Waals surface area contributed by atoms with E-state index in [1.165, 1.54) is 6.07 Å². The SMILES string of the molecule is O=C(O)CCC1Cc2ccc(C(F)(F)F)cc2O1. The number of aliphatic carboxylic acids is 1. The van der Waals surface area contributed by atoms with E-state index < -0.39 is 17.7 Å². The summed E-state index contributed by atoms with van der Waals surface area (Å²) < 4.78 is 42.8. The van der Waals surface area contributed by atoms with Gasteiger partial charge in [0.1, 0.15) is 11.9 Å². The van der Waals surface area contributed by atoms with Crippen LogP contribution >= 0.6 is 0 Å². The average molecular weight is 260 g/mol. The van der Waals surface area contributed by atoms with Gasteiger partial charge in [-0.1, -0.05) is 6.07 Å². The van der Waals surface area contributed by atoms with Crippen LogP contribution in [0.25, 0.3) is 0 Å². The molecule has 3 nitrogen and oxygen atoms in total. The molecule has 0 saturated heterocycles. The van der Waals surface area contributed by atoms with Crippen molar-refractivity contribution in [1.29, 1.82) is 0 Å². The van der Waals surface area contributed by atoms with Crippen LogP contribution in [0.15, 0.2) is 18.2 Å². The van der Waals surface area contributed by atoms with Crippen molar-refractivity contribution < 1.29 is 27.8 Å². The number of carboxylic acids is 1. The Morgan fingerprint density at radius 3 is 2.78 bits per heavy atom. The van der Waals surface area contributed by atoms with Crippen molar-refractivity contribution in [3.8, 4) is 5.75 Å². The summed E-state index contributed by atoms with van der Waals surface area (Å²) in [6, 6.07) is 3.37. The number of fused-ring (bicyclic) bond motifs is 1. The summed E-state index contributed by atoms with van der Waals surface area (Å²) in [5, 5.41) is 8.54. The molecule has 0 fully saturated rings. The Bertz CT molecular complexity index is 468. The van der Waals surface area contributed by atoms with Gasteiger partial charge in [-0.2, -0.15) is 13.2 Å². The first-order valence-electron chi connectivity index (χ1n) is 5.45. The molecule has 1 N–H and O–H groups in total. The Balaban J connectivity index is 2.08. The van der Waals surface area contributed by atoms with Gasteiger partial charge in [0.2, 0.25) is 0 Å². The largest absolute Gasteiger partial charge is 0.490 e. The quantitative estimate of drug-likeness (QED) is 0.909. The smallest absolute Gasteiger partial charge is 0.416 e. The fourth-order valence-corrected chi connectivity index (χ4v) is 1.92. The van der Waals surface area contributed by atoms with Crippen LogP contribution in [0, 0.1) is 0 Å². The second kappa shape index (κ2) is 4.51. The van der Waals surface area contributed by atoms with E-state index in [4.69, 9.17) is 9.84 Å². The van der Waals surface area contributed by atoms with E-state index in [-0.39, 0.29) is 18.3 Å². The summed E-state index contributed by atoms with van der Waals surface area (Å²) in [5.41, 5.74) is -0.0569. The molecule has 0 saturated carbocycles. The van der Waals surface area contributed by atoms with Crippen LogP contribution < -0.4 is 4.74 Å². The molecular formula is C12H11F3O3. The number of carboxylic acid groups (broad SMARTS) is 1. The van der Waals surface area contributed by atoms with E-state index in [1.54, 1.807) is 0 Å². The number of hydrogen-bond acceptors (Lipinski definition) is 2. The number of alkyl halides is 3. The maximum atomic E-state index is 12.5. The third-order valence-corrected chi connectivity index (χ3v) is 2.82.